The molecule has 0 saturated carbocycles. The van der Waals surface area contributed by atoms with Crippen molar-refractivity contribution in [3.8, 4) is 0 Å². The maximum absolute atomic E-state index is 12.5. The average Bonchev–Trinajstić information content (AvgIpc) is 2.06. The Hall–Kier alpha value is -0.0200. The first-order valence-electron chi connectivity index (χ1n) is 6.68. The first-order chi connectivity index (χ1) is 7.72. The monoisotopic (exact) mass is 273 g/mol. The molecule has 0 aliphatic heterocycles. The SMILES string of the molecule is CC(C)(C)N[C@H](CSC(C)(C)C)C(=O)C(C)(C)C. The fourth-order valence-corrected chi connectivity index (χ4v) is 2.46. The molecule has 18 heavy (non-hydrogen) atoms. The van der Waals surface area contributed by atoms with Crippen LogP contribution >= 0.6 is 11.8 Å². The highest BCUT2D eigenvalue weighted by molar-refractivity contribution is 8.00. The van der Waals surface area contributed by atoms with Crippen LogP contribution in [-0.4, -0.2) is 27.9 Å². The molecule has 0 aliphatic rings. The highest BCUT2D eigenvalue weighted by Gasteiger charge is 2.32. The summed E-state index contributed by atoms with van der Waals surface area (Å²) in [6.07, 6.45) is 0. The molecule has 0 aliphatic carbocycles. The quantitative estimate of drug-likeness (QED) is 0.842. The Morgan fingerprint density at radius 2 is 1.44 bits per heavy atom. The van der Waals surface area contributed by atoms with Gasteiger partial charge in [-0.1, -0.05) is 41.5 Å². The van der Waals surface area contributed by atoms with Crippen LogP contribution in [-0.2, 0) is 4.79 Å². The van der Waals surface area contributed by atoms with E-state index in [1.54, 1.807) is 0 Å². The molecule has 0 fully saturated rings. The lowest BCUT2D eigenvalue weighted by atomic mass is 9.86. The summed E-state index contributed by atoms with van der Waals surface area (Å²) in [5, 5.41) is 3.46. The number of carbonyl (C=O) groups excluding carboxylic acids is 1. The molecule has 2 nitrogen and oxygen atoms in total. The summed E-state index contributed by atoms with van der Waals surface area (Å²) in [6.45, 7) is 18.9. The molecule has 3 heteroatoms. The van der Waals surface area contributed by atoms with Crippen LogP contribution < -0.4 is 5.32 Å². The molecule has 108 valence electrons. The molecule has 0 heterocycles. The van der Waals surface area contributed by atoms with E-state index in [2.05, 4.69) is 46.9 Å². The molecule has 1 N–H and O–H groups in total. The normalized spacial score (nSPS) is 15.6. The molecule has 0 saturated heterocycles. The zero-order valence-electron chi connectivity index (χ0n) is 13.6. The van der Waals surface area contributed by atoms with Gasteiger partial charge in [-0.15, -0.1) is 0 Å². The molecule has 0 spiro atoms. The molecular weight excluding hydrogens is 242 g/mol. The van der Waals surface area contributed by atoms with E-state index >= 15 is 0 Å². The average molecular weight is 273 g/mol. The second-order valence-electron chi connectivity index (χ2n) is 7.98. The Balaban J connectivity index is 4.80. The minimum absolute atomic E-state index is 0.0377. The third kappa shape index (κ3) is 8.15. The maximum atomic E-state index is 12.5. The van der Waals surface area contributed by atoms with Crippen LogP contribution in [0.3, 0.4) is 0 Å². The number of ketones is 1. The van der Waals surface area contributed by atoms with Crippen molar-refractivity contribution >= 4 is 17.5 Å². The highest BCUT2D eigenvalue weighted by Crippen LogP contribution is 2.27. The number of hydrogen-bond donors (Lipinski definition) is 1. The summed E-state index contributed by atoms with van der Waals surface area (Å²) in [5.41, 5.74) is -0.328. The van der Waals surface area contributed by atoms with Gasteiger partial charge in [0.1, 0.15) is 0 Å². The summed E-state index contributed by atoms with van der Waals surface area (Å²) >= 11 is 1.84. The molecule has 0 radical (unpaired) electrons. The van der Waals surface area contributed by atoms with Gasteiger partial charge in [-0.3, -0.25) is 4.79 Å². The second-order valence-corrected chi connectivity index (χ2v) is 9.83. The van der Waals surface area contributed by atoms with Crippen LogP contribution in [0, 0.1) is 5.41 Å². The summed E-state index contributed by atoms with van der Waals surface area (Å²) in [5.74, 6) is 1.13. The third-order valence-electron chi connectivity index (χ3n) is 2.35. The van der Waals surface area contributed by atoms with Crippen molar-refractivity contribution in [2.45, 2.75) is 78.6 Å². The number of Topliss-reactive ketones (excluding diaryl/α,β-unsaturated/α-hetero) is 1. The second kappa shape index (κ2) is 5.96. The number of rotatable bonds is 4. The Morgan fingerprint density at radius 3 is 1.72 bits per heavy atom. The van der Waals surface area contributed by atoms with E-state index < -0.39 is 0 Å². The summed E-state index contributed by atoms with van der Waals surface area (Å²) in [6, 6.07) is -0.0748. The molecule has 0 aromatic carbocycles. The highest BCUT2D eigenvalue weighted by atomic mass is 32.2. The van der Waals surface area contributed by atoms with E-state index in [1.807, 2.05) is 32.5 Å². The van der Waals surface area contributed by atoms with E-state index in [0.29, 0.717) is 5.78 Å². The largest absolute Gasteiger partial charge is 0.302 e. The van der Waals surface area contributed by atoms with Crippen LogP contribution in [0.25, 0.3) is 0 Å². The van der Waals surface area contributed by atoms with Crippen LogP contribution in [0.5, 0.6) is 0 Å². The van der Waals surface area contributed by atoms with Gasteiger partial charge < -0.3 is 5.32 Å². The maximum Gasteiger partial charge on any atom is 0.155 e. The first-order valence-corrected chi connectivity index (χ1v) is 7.67. The lowest BCUT2D eigenvalue weighted by Crippen LogP contribution is -2.52. The van der Waals surface area contributed by atoms with Gasteiger partial charge in [-0.2, -0.15) is 11.8 Å². The van der Waals surface area contributed by atoms with Crippen molar-refractivity contribution in [2.24, 2.45) is 5.41 Å². The van der Waals surface area contributed by atoms with Crippen LogP contribution in [0.1, 0.15) is 62.3 Å². The minimum Gasteiger partial charge on any atom is -0.302 e. The fourth-order valence-electron chi connectivity index (χ4n) is 1.56. The lowest BCUT2D eigenvalue weighted by Gasteiger charge is -2.33. The van der Waals surface area contributed by atoms with Crippen LogP contribution in [0.2, 0.25) is 0 Å². The summed E-state index contributed by atoms with van der Waals surface area (Å²) < 4.78 is 0.190. The van der Waals surface area contributed by atoms with Gasteiger partial charge in [0.25, 0.3) is 0 Å². The smallest absolute Gasteiger partial charge is 0.155 e. The van der Waals surface area contributed by atoms with Gasteiger partial charge in [0, 0.05) is 21.5 Å². The van der Waals surface area contributed by atoms with Gasteiger partial charge >= 0.3 is 0 Å². The molecule has 1 atom stereocenters. The fraction of sp³-hybridized carbons (Fsp3) is 0.933. The minimum atomic E-state index is -0.290. The van der Waals surface area contributed by atoms with Gasteiger partial charge in [-0.25, -0.2) is 0 Å². The molecule has 0 aromatic rings. The predicted molar refractivity (Wildman–Crippen MR) is 83.3 cm³/mol. The van der Waals surface area contributed by atoms with Gasteiger partial charge in [0.05, 0.1) is 6.04 Å². The third-order valence-corrected chi connectivity index (χ3v) is 3.71. The standard InChI is InChI=1S/C15H31NOS/c1-13(2,3)12(17)11(16-14(4,5)6)10-18-15(7,8)9/h11,16H,10H2,1-9H3/t11-/m1/s1. The molecule has 0 rings (SSSR count). The number of nitrogens with one attached hydrogen (secondary N) is 1. The first kappa shape index (κ1) is 18.0. The Morgan fingerprint density at radius 1 is 1.00 bits per heavy atom. The van der Waals surface area contributed by atoms with E-state index in [4.69, 9.17) is 0 Å². The van der Waals surface area contributed by atoms with E-state index in [-0.39, 0.29) is 21.7 Å². The Labute approximate surface area is 118 Å². The van der Waals surface area contributed by atoms with E-state index in [9.17, 15) is 4.79 Å². The molecule has 0 amide bonds. The molecular formula is C15H31NOS. The van der Waals surface area contributed by atoms with Crippen molar-refractivity contribution in [1.82, 2.24) is 5.32 Å². The van der Waals surface area contributed by atoms with E-state index in [0.717, 1.165) is 5.75 Å². The van der Waals surface area contributed by atoms with E-state index in [1.165, 1.54) is 0 Å². The van der Waals surface area contributed by atoms with Crippen molar-refractivity contribution in [3.63, 3.8) is 0 Å². The molecule has 0 aromatic heterocycles. The van der Waals surface area contributed by atoms with Crippen molar-refractivity contribution in [2.75, 3.05) is 5.75 Å². The van der Waals surface area contributed by atoms with Crippen LogP contribution in [0.15, 0.2) is 0 Å². The van der Waals surface area contributed by atoms with Gasteiger partial charge in [-0.05, 0) is 20.8 Å². The zero-order valence-corrected chi connectivity index (χ0v) is 14.4. The topological polar surface area (TPSA) is 29.1 Å². The Bertz CT molecular complexity index is 278. The van der Waals surface area contributed by atoms with Crippen molar-refractivity contribution in [3.05, 3.63) is 0 Å². The number of carbonyl (C=O) groups is 1. The summed E-state index contributed by atoms with van der Waals surface area (Å²) in [7, 11) is 0. The Kier molecular flexibility index (Phi) is 5.95. The van der Waals surface area contributed by atoms with Gasteiger partial charge in [0.2, 0.25) is 0 Å². The van der Waals surface area contributed by atoms with Crippen LogP contribution in [0.4, 0.5) is 0 Å². The molecule has 0 bridgehead atoms. The van der Waals surface area contributed by atoms with Crippen molar-refractivity contribution in [1.29, 1.82) is 0 Å². The predicted octanol–water partition coefficient (Wildman–Crippen LogP) is 3.89. The number of hydrogen-bond acceptors (Lipinski definition) is 3. The number of thioether (sulfide) groups is 1. The lowest BCUT2D eigenvalue weighted by molar-refractivity contribution is -0.128. The zero-order chi connectivity index (χ0) is 14.8. The van der Waals surface area contributed by atoms with Gasteiger partial charge in [0.15, 0.2) is 5.78 Å². The summed E-state index contributed by atoms with van der Waals surface area (Å²) in [4.78, 5) is 12.5. The van der Waals surface area contributed by atoms with Crippen molar-refractivity contribution < 1.29 is 4.79 Å². The molecule has 0 unspecified atom stereocenters.